The fraction of sp³-hybridized carbons (Fsp3) is 0.500. The standard InChI is InChI=1S/C16H22N2O3/c1-12-9-18(13(2)19)15(8-16(20)21)11-17(12)10-14-6-4-3-5-7-14/h3-7,12,15H,8-11H2,1-2H3,(H,20,21)/t12-,15+/m0/s1. The van der Waals surface area contributed by atoms with Gasteiger partial charge in [-0.1, -0.05) is 30.3 Å². The van der Waals surface area contributed by atoms with Crippen molar-refractivity contribution in [2.24, 2.45) is 0 Å². The Balaban J connectivity index is 2.09. The average molecular weight is 290 g/mol. The number of carbonyl (C=O) groups excluding carboxylic acids is 1. The molecule has 114 valence electrons. The van der Waals surface area contributed by atoms with Crippen LogP contribution in [-0.4, -0.2) is 52.0 Å². The maximum Gasteiger partial charge on any atom is 0.305 e. The third kappa shape index (κ3) is 4.04. The smallest absolute Gasteiger partial charge is 0.305 e. The first-order valence-corrected chi connectivity index (χ1v) is 7.24. The molecule has 0 aliphatic carbocycles. The first kappa shape index (κ1) is 15.5. The Bertz CT molecular complexity index is 504. The van der Waals surface area contributed by atoms with Crippen LogP contribution >= 0.6 is 0 Å². The number of carboxylic acids is 1. The Labute approximate surface area is 125 Å². The molecule has 5 nitrogen and oxygen atoms in total. The van der Waals surface area contributed by atoms with E-state index in [0.717, 1.165) is 6.54 Å². The molecule has 5 heteroatoms. The number of nitrogens with zero attached hydrogens (tertiary/aromatic N) is 2. The molecule has 1 aromatic carbocycles. The molecule has 1 heterocycles. The van der Waals surface area contributed by atoms with Crippen LogP contribution < -0.4 is 0 Å². The Morgan fingerprint density at radius 2 is 1.90 bits per heavy atom. The summed E-state index contributed by atoms with van der Waals surface area (Å²) >= 11 is 0. The van der Waals surface area contributed by atoms with E-state index in [9.17, 15) is 9.59 Å². The molecule has 1 aliphatic heterocycles. The van der Waals surface area contributed by atoms with Gasteiger partial charge in [-0.25, -0.2) is 0 Å². The Kier molecular flexibility index (Phi) is 4.96. The quantitative estimate of drug-likeness (QED) is 0.914. The summed E-state index contributed by atoms with van der Waals surface area (Å²) in [6.07, 6.45) is -0.00239. The van der Waals surface area contributed by atoms with Crippen molar-refractivity contribution >= 4 is 11.9 Å². The van der Waals surface area contributed by atoms with Crippen LogP contribution in [0.3, 0.4) is 0 Å². The number of amides is 1. The van der Waals surface area contributed by atoms with E-state index >= 15 is 0 Å². The summed E-state index contributed by atoms with van der Waals surface area (Å²) in [6.45, 7) is 5.55. The minimum absolute atomic E-state index is 0.00239. The van der Waals surface area contributed by atoms with Crippen molar-refractivity contribution in [2.75, 3.05) is 13.1 Å². The number of piperazine rings is 1. The minimum Gasteiger partial charge on any atom is -0.481 e. The Morgan fingerprint density at radius 1 is 1.24 bits per heavy atom. The van der Waals surface area contributed by atoms with Gasteiger partial charge >= 0.3 is 5.97 Å². The lowest BCUT2D eigenvalue weighted by molar-refractivity contribution is -0.143. The van der Waals surface area contributed by atoms with Crippen LogP contribution in [0.25, 0.3) is 0 Å². The average Bonchev–Trinajstić information content (AvgIpc) is 2.42. The normalized spacial score (nSPS) is 23.0. The zero-order chi connectivity index (χ0) is 15.4. The first-order chi connectivity index (χ1) is 9.97. The molecule has 1 fully saturated rings. The molecular formula is C16H22N2O3. The summed E-state index contributed by atoms with van der Waals surface area (Å²) in [4.78, 5) is 26.7. The molecule has 0 saturated carbocycles. The summed E-state index contributed by atoms with van der Waals surface area (Å²) in [5.74, 6) is -0.909. The second-order valence-corrected chi connectivity index (χ2v) is 5.69. The van der Waals surface area contributed by atoms with Gasteiger partial charge in [-0.3, -0.25) is 14.5 Å². The number of rotatable bonds is 4. The van der Waals surface area contributed by atoms with Gasteiger partial charge in [0.25, 0.3) is 0 Å². The number of hydrogen-bond acceptors (Lipinski definition) is 3. The van der Waals surface area contributed by atoms with Crippen LogP contribution in [0.2, 0.25) is 0 Å². The van der Waals surface area contributed by atoms with Crippen molar-refractivity contribution in [3.8, 4) is 0 Å². The molecule has 1 saturated heterocycles. The van der Waals surface area contributed by atoms with Gasteiger partial charge in [0.2, 0.25) is 5.91 Å². The van der Waals surface area contributed by atoms with Gasteiger partial charge in [0, 0.05) is 32.6 Å². The highest BCUT2D eigenvalue weighted by atomic mass is 16.4. The summed E-state index contributed by atoms with van der Waals surface area (Å²) in [7, 11) is 0. The fourth-order valence-corrected chi connectivity index (χ4v) is 2.90. The molecule has 1 aromatic rings. The van der Waals surface area contributed by atoms with Crippen molar-refractivity contribution in [3.63, 3.8) is 0 Å². The molecule has 0 spiro atoms. The summed E-state index contributed by atoms with van der Waals surface area (Å²) in [5, 5.41) is 9.05. The van der Waals surface area contributed by atoms with Crippen molar-refractivity contribution in [1.29, 1.82) is 0 Å². The largest absolute Gasteiger partial charge is 0.481 e. The van der Waals surface area contributed by atoms with Crippen LogP contribution in [0.1, 0.15) is 25.8 Å². The SMILES string of the molecule is CC(=O)N1C[C@H](C)N(Cc2ccccc2)C[C@H]1CC(=O)O. The van der Waals surface area contributed by atoms with Crippen molar-refractivity contribution in [1.82, 2.24) is 9.80 Å². The fourth-order valence-electron chi connectivity index (χ4n) is 2.90. The van der Waals surface area contributed by atoms with Gasteiger partial charge in [-0.2, -0.15) is 0 Å². The molecule has 0 aromatic heterocycles. The van der Waals surface area contributed by atoms with E-state index < -0.39 is 5.97 Å². The van der Waals surface area contributed by atoms with Crippen LogP contribution in [-0.2, 0) is 16.1 Å². The predicted molar refractivity (Wildman–Crippen MR) is 79.7 cm³/mol. The van der Waals surface area contributed by atoms with Crippen LogP contribution in [0.15, 0.2) is 30.3 Å². The third-order valence-electron chi connectivity index (χ3n) is 4.01. The highest BCUT2D eigenvalue weighted by molar-refractivity contribution is 5.75. The number of aliphatic carboxylic acids is 1. The molecular weight excluding hydrogens is 268 g/mol. The molecule has 2 atom stereocenters. The van der Waals surface area contributed by atoms with Crippen molar-refractivity contribution in [2.45, 2.75) is 38.9 Å². The summed E-state index contributed by atoms with van der Waals surface area (Å²) < 4.78 is 0. The maximum atomic E-state index is 11.7. The molecule has 0 bridgehead atoms. The number of hydrogen-bond donors (Lipinski definition) is 1. The van der Waals surface area contributed by atoms with E-state index in [1.807, 2.05) is 18.2 Å². The number of benzene rings is 1. The van der Waals surface area contributed by atoms with E-state index in [4.69, 9.17) is 5.11 Å². The molecule has 0 radical (unpaired) electrons. The van der Waals surface area contributed by atoms with Crippen LogP contribution in [0.5, 0.6) is 0 Å². The predicted octanol–water partition coefficient (Wildman–Crippen LogP) is 1.58. The topological polar surface area (TPSA) is 60.9 Å². The van der Waals surface area contributed by atoms with E-state index in [2.05, 4.69) is 24.0 Å². The molecule has 1 amide bonds. The van der Waals surface area contributed by atoms with Gasteiger partial charge in [0.15, 0.2) is 0 Å². The van der Waals surface area contributed by atoms with Gasteiger partial charge in [-0.15, -0.1) is 0 Å². The van der Waals surface area contributed by atoms with Crippen LogP contribution in [0.4, 0.5) is 0 Å². The summed E-state index contributed by atoms with van der Waals surface area (Å²) in [5.41, 5.74) is 1.20. The van der Waals surface area contributed by atoms with Gasteiger partial charge < -0.3 is 10.0 Å². The van der Waals surface area contributed by atoms with E-state index in [0.29, 0.717) is 13.1 Å². The molecule has 1 aliphatic rings. The number of carboxylic acid groups (broad SMARTS) is 1. The number of carbonyl (C=O) groups is 2. The monoisotopic (exact) mass is 290 g/mol. The van der Waals surface area contributed by atoms with Gasteiger partial charge in [0.05, 0.1) is 12.5 Å². The Hall–Kier alpha value is -1.88. The van der Waals surface area contributed by atoms with Gasteiger partial charge in [0.1, 0.15) is 0 Å². The first-order valence-electron chi connectivity index (χ1n) is 7.24. The third-order valence-corrected chi connectivity index (χ3v) is 4.01. The zero-order valence-corrected chi connectivity index (χ0v) is 12.5. The van der Waals surface area contributed by atoms with E-state index in [1.165, 1.54) is 12.5 Å². The maximum absolute atomic E-state index is 11.7. The van der Waals surface area contributed by atoms with E-state index in [1.54, 1.807) is 4.90 Å². The summed E-state index contributed by atoms with van der Waals surface area (Å²) in [6, 6.07) is 10.1. The van der Waals surface area contributed by atoms with Crippen molar-refractivity contribution < 1.29 is 14.7 Å². The van der Waals surface area contributed by atoms with Crippen molar-refractivity contribution in [3.05, 3.63) is 35.9 Å². The molecule has 1 N–H and O–H groups in total. The second kappa shape index (κ2) is 6.72. The van der Waals surface area contributed by atoms with Crippen LogP contribution in [0, 0.1) is 0 Å². The lowest BCUT2D eigenvalue weighted by Crippen LogP contribution is -2.58. The molecule has 2 rings (SSSR count). The minimum atomic E-state index is -0.861. The van der Waals surface area contributed by atoms with E-state index in [-0.39, 0.29) is 24.4 Å². The highest BCUT2D eigenvalue weighted by Gasteiger charge is 2.34. The molecule has 0 unspecified atom stereocenters. The Morgan fingerprint density at radius 3 is 2.48 bits per heavy atom. The lowest BCUT2D eigenvalue weighted by Gasteiger charge is -2.44. The molecule has 21 heavy (non-hydrogen) atoms. The zero-order valence-electron chi connectivity index (χ0n) is 12.5. The highest BCUT2D eigenvalue weighted by Crippen LogP contribution is 2.20. The lowest BCUT2D eigenvalue weighted by atomic mass is 10.0. The van der Waals surface area contributed by atoms with Gasteiger partial charge in [-0.05, 0) is 12.5 Å². The second-order valence-electron chi connectivity index (χ2n) is 5.69.